The molecule has 5 nitrogen and oxygen atoms in total. The van der Waals surface area contributed by atoms with Crippen LogP contribution in [0.5, 0.6) is 5.75 Å². The fourth-order valence-electron chi connectivity index (χ4n) is 2.27. The Bertz CT molecular complexity index is 623. The van der Waals surface area contributed by atoms with E-state index in [0.29, 0.717) is 18.8 Å². The summed E-state index contributed by atoms with van der Waals surface area (Å²) in [7, 11) is 0. The number of rotatable bonds is 4. The van der Waals surface area contributed by atoms with Crippen LogP contribution in [0.15, 0.2) is 36.5 Å². The number of nitrogens with zero attached hydrogens (tertiary/aromatic N) is 1. The van der Waals surface area contributed by atoms with Gasteiger partial charge in [0, 0.05) is 18.5 Å². The maximum atomic E-state index is 10.9. The van der Waals surface area contributed by atoms with Crippen molar-refractivity contribution in [2.45, 2.75) is 12.0 Å². The molecule has 1 fully saturated rings. The highest BCUT2D eigenvalue weighted by Crippen LogP contribution is 2.27. The molecule has 0 aliphatic carbocycles. The minimum atomic E-state index is -0.852. The summed E-state index contributed by atoms with van der Waals surface area (Å²) in [5.41, 5.74) is 0.254. The van der Waals surface area contributed by atoms with E-state index in [-0.39, 0.29) is 6.42 Å². The van der Waals surface area contributed by atoms with Crippen LogP contribution in [0.1, 0.15) is 6.42 Å². The molecule has 0 radical (unpaired) electrons. The lowest BCUT2D eigenvalue weighted by atomic mass is 9.92. The van der Waals surface area contributed by atoms with E-state index in [0.717, 1.165) is 10.9 Å². The highest BCUT2D eigenvalue weighted by Gasteiger charge is 2.41. The number of pyridine rings is 1. The van der Waals surface area contributed by atoms with Crippen LogP contribution in [-0.2, 0) is 4.79 Å². The largest absolute Gasteiger partial charge is 0.482 e. The molecule has 1 aliphatic rings. The molecule has 1 aromatic carbocycles. The van der Waals surface area contributed by atoms with E-state index in [1.54, 1.807) is 6.20 Å². The van der Waals surface area contributed by atoms with Crippen molar-refractivity contribution in [3.63, 3.8) is 0 Å². The standard InChI is InChI=1S/C14H14N2O3/c17-13(18)6-14(8-15-9-14)19-11-5-10-3-1-2-4-12(10)16-7-11/h1-5,7,15H,6,8-9H2,(H,17,18). The van der Waals surface area contributed by atoms with Crippen LogP contribution in [-0.4, -0.2) is 34.8 Å². The molecule has 0 atom stereocenters. The van der Waals surface area contributed by atoms with Gasteiger partial charge in [0.25, 0.3) is 0 Å². The molecule has 2 heterocycles. The minimum absolute atomic E-state index is 0.00712. The fourth-order valence-corrected chi connectivity index (χ4v) is 2.27. The second-order valence-corrected chi connectivity index (χ2v) is 4.82. The lowest BCUT2D eigenvalue weighted by molar-refractivity contribution is -0.143. The third-order valence-electron chi connectivity index (χ3n) is 3.27. The average Bonchev–Trinajstić information content (AvgIpc) is 2.35. The number of carboxylic acids is 1. The minimum Gasteiger partial charge on any atom is -0.482 e. The Morgan fingerprint density at radius 3 is 2.89 bits per heavy atom. The number of hydrogen-bond donors (Lipinski definition) is 2. The summed E-state index contributed by atoms with van der Waals surface area (Å²) in [4.78, 5) is 15.2. The molecule has 1 saturated heterocycles. The van der Waals surface area contributed by atoms with Crippen molar-refractivity contribution in [3.8, 4) is 5.75 Å². The molecule has 98 valence electrons. The van der Waals surface area contributed by atoms with Gasteiger partial charge in [0.15, 0.2) is 0 Å². The van der Waals surface area contributed by atoms with Crippen LogP contribution < -0.4 is 10.1 Å². The van der Waals surface area contributed by atoms with Gasteiger partial charge >= 0.3 is 5.97 Å². The fraction of sp³-hybridized carbons (Fsp3) is 0.286. The van der Waals surface area contributed by atoms with Gasteiger partial charge in [0.2, 0.25) is 0 Å². The van der Waals surface area contributed by atoms with Gasteiger partial charge in [-0.05, 0) is 12.1 Å². The third-order valence-corrected chi connectivity index (χ3v) is 3.27. The van der Waals surface area contributed by atoms with Crippen molar-refractivity contribution in [1.29, 1.82) is 0 Å². The first-order valence-corrected chi connectivity index (χ1v) is 6.13. The second kappa shape index (κ2) is 4.51. The van der Waals surface area contributed by atoms with E-state index in [1.807, 2.05) is 30.3 Å². The lowest BCUT2D eigenvalue weighted by Crippen LogP contribution is -2.64. The molecule has 1 aliphatic heterocycles. The highest BCUT2D eigenvalue weighted by molar-refractivity contribution is 5.79. The summed E-state index contributed by atoms with van der Waals surface area (Å²) >= 11 is 0. The zero-order valence-electron chi connectivity index (χ0n) is 10.3. The van der Waals surface area contributed by atoms with Gasteiger partial charge in [-0.2, -0.15) is 0 Å². The quantitative estimate of drug-likeness (QED) is 0.868. The predicted molar refractivity (Wildman–Crippen MR) is 70.2 cm³/mol. The van der Waals surface area contributed by atoms with Crippen LogP contribution in [0.25, 0.3) is 10.9 Å². The molecule has 1 aromatic heterocycles. The zero-order valence-corrected chi connectivity index (χ0v) is 10.3. The molecular formula is C14H14N2O3. The number of ether oxygens (including phenoxy) is 1. The van der Waals surface area contributed by atoms with E-state index in [9.17, 15) is 4.79 Å². The van der Waals surface area contributed by atoms with Crippen molar-refractivity contribution in [3.05, 3.63) is 36.5 Å². The van der Waals surface area contributed by atoms with Crippen LogP contribution in [0.2, 0.25) is 0 Å². The third kappa shape index (κ3) is 2.37. The SMILES string of the molecule is O=C(O)CC1(Oc2cnc3ccccc3c2)CNC1. The molecule has 0 amide bonds. The number of carboxylic acid groups (broad SMARTS) is 1. The summed E-state index contributed by atoms with van der Waals surface area (Å²) < 4.78 is 5.85. The Kier molecular flexibility index (Phi) is 2.83. The predicted octanol–water partition coefficient (Wildman–Crippen LogP) is 1.43. The highest BCUT2D eigenvalue weighted by atomic mass is 16.5. The Morgan fingerprint density at radius 1 is 1.42 bits per heavy atom. The van der Waals surface area contributed by atoms with Gasteiger partial charge in [-0.25, -0.2) is 0 Å². The molecule has 0 spiro atoms. The first kappa shape index (κ1) is 11.9. The summed E-state index contributed by atoms with van der Waals surface area (Å²) in [6.45, 7) is 1.10. The average molecular weight is 258 g/mol. The Hall–Kier alpha value is -2.14. The summed E-state index contributed by atoms with van der Waals surface area (Å²) in [6.07, 6.45) is 1.64. The van der Waals surface area contributed by atoms with Gasteiger partial charge in [-0.1, -0.05) is 18.2 Å². The van der Waals surface area contributed by atoms with E-state index >= 15 is 0 Å². The van der Waals surface area contributed by atoms with Gasteiger partial charge in [-0.15, -0.1) is 0 Å². The second-order valence-electron chi connectivity index (χ2n) is 4.82. The Labute approximate surface area is 110 Å². The van der Waals surface area contributed by atoms with Gasteiger partial charge < -0.3 is 15.2 Å². The Morgan fingerprint density at radius 2 is 2.21 bits per heavy atom. The lowest BCUT2D eigenvalue weighted by Gasteiger charge is -2.41. The topological polar surface area (TPSA) is 71.5 Å². The van der Waals surface area contributed by atoms with E-state index in [4.69, 9.17) is 9.84 Å². The smallest absolute Gasteiger partial charge is 0.307 e. The number of nitrogens with one attached hydrogen (secondary N) is 1. The monoisotopic (exact) mass is 258 g/mol. The number of aliphatic carboxylic acids is 1. The van der Waals surface area contributed by atoms with Gasteiger partial charge in [0.1, 0.15) is 11.4 Å². The first-order valence-electron chi connectivity index (χ1n) is 6.13. The van der Waals surface area contributed by atoms with Crippen LogP contribution in [0.4, 0.5) is 0 Å². The van der Waals surface area contributed by atoms with Crippen molar-refractivity contribution in [2.24, 2.45) is 0 Å². The van der Waals surface area contributed by atoms with Crippen molar-refractivity contribution >= 4 is 16.9 Å². The normalized spacial score (nSPS) is 16.8. The molecule has 0 bridgehead atoms. The Balaban J connectivity index is 1.86. The molecule has 0 saturated carbocycles. The maximum absolute atomic E-state index is 10.9. The van der Waals surface area contributed by atoms with Crippen molar-refractivity contribution < 1.29 is 14.6 Å². The molecule has 3 rings (SSSR count). The summed E-state index contributed by atoms with van der Waals surface area (Å²) in [5, 5.41) is 13.0. The number of fused-ring (bicyclic) bond motifs is 1. The van der Waals surface area contributed by atoms with Crippen molar-refractivity contribution in [2.75, 3.05) is 13.1 Å². The maximum Gasteiger partial charge on any atom is 0.307 e. The van der Waals surface area contributed by atoms with Crippen LogP contribution in [0, 0.1) is 0 Å². The molecule has 2 aromatic rings. The van der Waals surface area contributed by atoms with Crippen LogP contribution >= 0.6 is 0 Å². The van der Waals surface area contributed by atoms with E-state index in [2.05, 4.69) is 10.3 Å². The number of para-hydroxylation sites is 1. The van der Waals surface area contributed by atoms with Crippen LogP contribution in [0.3, 0.4) is 0 Å². The summed E-state index contributed by atoms with van der Waals surface area (Å²) in [5.74, 6) is -0.239. The van der Waals surface area contributed by atoms with E-state index < -0.39 is 11.6 Å². The number of carbonyl (C=O) groups is 1. The first-order chi connectivity index (χ1) is 9.17. The van der Waals surface area contributed by atoms with Crippen molar-refractivity contribution in [1.82, 2.24) is 10.3 Å². The van der Waals surface area contributed by atoms with E-state index in [1.165, 1.54) is 0 Å². The summed E-state index contributed by atoms with van der Waals surface area (Å²) in [6, 6.07) is 9.64. The molecule has 0 unspecified atom stereocenters. The molecular weight excluding hydrogens is 244 g/mol. The van der Waals surface area contributed by atoms with Gasteiger partial charge in [-0.3, -0.25) is 9.78 Å². The molecule has 5 heteroatoms. The number of benzene rings is 1. The van der Waals surface area contributed by atoms with Gasteiger partial charge in [0.05, 0.1) is 18.1 Å². The zero-order chi connectivity index (χ0) is 13.3. The number of aromatic nitrogens is 1. The molecule has 2 N–H and O–H groups in total. The number of hydrogen-bond acceptors (Lipinski definition) is 4. The molecule has 19 heavy (non-hydrogen) atoms.